The molecule has 3 aromatic rings. The van der Waals surface area contributed by atoms with E-state index in [2.05, 4.69) is 19.5 Å². The van der Waals surface area contributed by atoms with E-state index in [1.165, 1.54) is 19.2 Å². The predicted molar refractivity (Wildman–Crippen MR) is 103 cm³/mol. The van der Waals surface area contributed by atoms with Crippen molar-refractivity contribution in [2.24, 2.45) is 0 Å². The first-order valence-corrected chi connectivity index (χ1v) is 9.39. The number of nitrogens with zero attached hydrogens (tertiary/aromatic N) is 4. The molecule has 0 amide bonds. The lowest BCUT2D eigenvalue weighted by atomic mass is 9.83. The number of imidazole rings is 1. The van der Waals surface area contributed by atoms with Crippen LogP contribution in [0.3, 0.4) is 0 Å². The Bertz CT molecular complexity index is 959. The highest BCUT2D eigenvalue weighted by molar-refractivity contribution is 5.77. The molecule has 0 bridgehead atoms. The fraction of sp³-hybridized carbons (Fsp3) is 0.381. The Labute approximate surface area is 163 Å². The molecular formula is C21H23FN4O2. The molecule has 1 aliphatic carbocycles. The minimum atomic E-state index is -0.616. The first-order chi connectivity index (χ1) is 13.5. The Hall–Kier alpha value is -2.80. The summed E-state index contributed by atoms with van der Waals surface area (Å²) < 4.78 is 20.7. The van der Waals surface area contributed by atoms with E-state index in [-0.39, 0.29) is 17.9 Å². The fourth-order valence-corrected chi connectivity index (χ4v) is 3.78. The van der Waals surface area contributed by atoms with Crippen molar-refractivity contribution < 1.29 is 14.2 Å². The zero-order chi connectivity index (χ0) is 19.7. The van der Waals surface area contributed by atoms with Crippen LogP contribution in [-0.2, 0) is 0 Å². The minimum Gasteiger partial charge on any atom is -0.467 e. The maximum atomic E-state index is 13.4. The van der Waals surface area contributed by atoms with Gasteiger partial charge in [0.25, 0.3) is 0 Å². The van der Waals surface area contributed by atoms with Crippen LogP contribution in [0.1, 0.15) is 38.6 Å². The van der Waals surface area contributed by atoms with Gasteiger partial charge >= 0.3 is 6.01 Å². The van der Waals surface area contributed by atoms with Gasteiger partial charge in [0, 0.05) is 17.8 Å². The lowest BCUT2D eigenvalue weighted by Crippen LogP contribution is -2.31. The molecule has 146 valence electrons. The maximum Gasteiger partial charge on any atom is 0.316 e. The van der Waals surface area contributed by atoms with Crippen molar-refractivity contribution in [2.45, 2.75) is 44.2 Å². The first-order valence-electron chi connectivity index (χ1n) is 9.39. The Morgan fingerprint density at radius 3 is 2.54 bits per heavy atom. The molecule has 0 radical (unpaired) electrons. The van der Waals surface area contributed by atoms with Gasteiger partial charge in [-0.1, -0.05) is 0 Å². The summed E-state index contributed by atoms with van der Waals surface area (Å²) >= 11 is 0. The summed E-state index contributed by atoms with van der Waals surface area (Å²) in [5.41, 5.74) is 2.48. The zero-order valence-corrected chi connectivity index (χ0v) is 16.0. The number of hydrogen-bond donors (Lipinski definition) is 1. The number of halogens is 1. The molecule has 2 heterocycles. The summed E-state index contributed by atoms with van der Waals surface area (Å²) in [5, 5.41) is 10.3. The quantitative estimate of drug-likeness (QED) is 0.738. The number of hydrogen-bond acceptors (Lipinski definition) is 5. The summed E-state index contributed by atoms with van der Waals surface area (Å²) in [6.07, 6.45) is 6.62. The van der Waals surface area contributed by atoms with Crippen molar-refractivity contribution in [3.8, 4) is 28.7 Å². The van der Waals surface area contributed by atoms with Crippen LogP contribution < -0.4 is 4.74 Å². The van der Waals surface area contributed by atoms with Gasteiger partial charge in [-0.3, -0.25) is 0 Å². The molecule has 1 aromatic carbocycles. The molecule has 4 rings (SSSR count). The Balaban J connectivity index is 1.81. The normalized spacial score (nSPS) is 22.2. The van der Waals surface area contributed by atoms with E-state index in [0.29, 0.717) is 5.69 Å². The van der Waals surface area contributed by atoms with E-state index in [0.717, 1.165) is 42.6 Å². The monoisotopic (exact) mass is 382 g/mol. The second-order valence-electron chi connectivity index (χ2n) is 7.51. The predicted octanol–water partition coefficient (Wildman–Crippen LogP) is 4.02. The molecule has 0 spiro atoms. The Morgan fingerprint density at radius 2 is 1.86 bits per heavy atom. The molecule has 1 saturated carbocycles. The van der Waals surface area contributed by atoms with Gasteiger partial charge in [0.2, 0.25) is 0 Å². The molecule has 28 heavy (non-hydrogen) atoms. The summed E-state index contributed by atoms with van der Waals surface area (Å²) in [6, 6.07) is 8.60. The van der Waals surface area contributed by atoms with Crippen LogP contribution in [0.2, 0.25) is 0 Å². The van der Waals surface area contributed by atoms with Crippen molar-refractivity contribution in [1.82, 2.24) is 19.5 Å². The summed E-state index contributed by atoms with van der Waals surface area (Å²) in [7, 11) is 1.53. The molecule has 0 atom stereocenters. The SMILES string of the molecule is COc1nccc(-c2c(-c3ccc(F)cc3)ncn2[C@H]2CC[C@](C)(O)CC2)n1. The number of ether oxygens (including phenoxy) is 1. The molecule has 1 aliphatic rings. The fourth-order valence-electron chi connectivity index (χ4n) is 3.78. The molecule has 1 N–H and O–H groups in total. The topological polar surface area (TPSA) is 73.1 Å². The highest BCUT2D eigenvalue weighted by Crippen LogP contribution is 2.39. The molecule has 1 fully saturated rings. The third-order valence-electron chi connectivity index (χ3n) is 5.40. The van der Waals surface area contributed by atoms with E-state index >= 15 is 0 Å². The first kappa shape index (κ1) is 18.6. The number of benzene rings is 1. The van der Waals surface area contributed by atoms with Crippen LogP contribution in [0, 0.1) is 5.82 Å². The van der Waals surface area contributed by atoms with E-state index in [1.54, 1.807) is 18.3 Å². The van der Waals surface area contributed by atoms with Gasteiger partial charge in [-0.25, -0.2) is 14.4 Å². The standard InChI is InChI=1S/C21H23FN4O2/c1-21(27)10-7-16(8-11-21)26-13-24-18(14-3-5-15(22)6-4-14)19(26)17-9-12-23-20(25-17)28-2/h3-6,9,12-13,16,27H,7-8,10-11H2,1-2H3/t16-,21-. The average molecular weight is 382 g/mol. The molecular weight excluding hydrogens is 359 g/mol. The van der Waals surface area contributed by atoms with Crippen molar-refractivity contribution >= 4 is 0 Å². The van der Waals surface area contributed by atoms with Crippen molar-refractivity contribution in [2.75, 3.05) is 7.11 Å². The summed E-state index contributed by atoms with van der Waals surface area (Å²) in [4.78, 5) is 13.2. The van der Waals surface area contributed by atoms with Gasteiger partial charge < -0.3 is 14.4 Å². The van der Waals surface area contributed by atoms with E-state index < -0.39 is 5.60 Å². The van der Waals surface area contributed by atoms with Crippen LogP contribution >= 0.6 is 0 Å². The van der Waals surface area contributed by atoms with Gasteiger partial charge in [-0.2, -0.15) is 4.98 Å². The largest absolute Gasteiger partial charge is 0.467 e. The summed E-state index contributed by atoms with van der Waals surface area (Å²) in [6.45, 7) is 1.89. The van der Waals surface area contributed by atoms with Crippen LogP contribution in [0.5, 0.6) is 6.01 Å². The Kier molecular flexibility index (Phi) is 4.85. The van der Waals surface area contributed by atoms with Gasteiger partial charge in [0.15, 0.2) is 0 Å². The molecule has 6 nitrogen and oxygen atoms in total. The van der Waals surface area contributed by atoms with Crippen molar-refractivity contribution in [1.29, 1.82) is 0 Å². The summed E-state index contributed by atoms with van der Waals surface area (Å²) in [5.74, 6) is -0.289. The third-order valence-corrected chi connectivity index (χ3v) is 5.40. The molecule has 7 heteroatoms. The van der Waals surface area contributed by atoms with Gasteiger partial charge in [0.05, 0.1) is 36.1 Å². The highest BCUT2D eigenvalue weighted by atomic mass is 19.1. The van der Waals surface area contributed by atoms with E-state index in [4.69, 9.17) is 4.74 Å². The van der Waals surface area contributed by atoms with E-state index in [1.807, 2.05) is 19.3 Å². The van der Waals surface area contributed by atoms with Crippen LogP contribution in [0.25, 0.3) is 22.6 Å². The number of aliphatic hydroxyl groups is 1. The molecule has 0 saturated heterocycles. The van der Waals surface area contributed by atoms with Gasteiger partial charge in [-0.05, 0) is 62.9 Å². The lowest BCUT2D eigenvalue weighted by molar-refractivity contribution is 0.0101. The molecule has 0 aliphatic heterocycles. The van der Waals surface area contributed by atoms with Crippen molar-refractivity contribution in [3.63, 3.8) is 0 Å². The van der Waals surface area contributed by atoms with Crippen LogP contribution in [0.15, 0.2) is 42.9 Å². The Morgan fingerprint density at radius 1 is 1.14 bits per heavy atom. The van der Waals surface area contributed by atoms with Crippen LogP contribution in [0.4, 0.5) is 4.39 Å². The smallest absolute Gasteiger partial charge is 0.316 e. The van der Waals surface area contributed by atoms with Crippen LogP contribution in [-0.4, -0.2) is 37.3 Å². The maximum absolute atomic E-state index is 13.4. The zero-order valence-electron chi connectivity index (χ0n) is 16.0. The molecule has 0 unspecified atom stereocenters. The number of methoxy groups -OCH3 is 1. The van der Waals surface area contributed by atoms with Crippen molar-refractivity contribution in [3.05, 3.63) is 48.7 Å². The second-order valence-corrected chi connectivity index (χ2v) is 7.51. The van der Waals surface area contributed by atoms with E-state index in [9.17, 15) is 9.50 Å². The average Bonchev–Trinajstić information content (AvgIpc) is 3.13. The van der Waals surface area contributed by atoms with Gasteiger partial charge in [-0.15, -0.1) is 0 Å². The lowest BCUT2D eigenvalue weighted by Gasteiger charge is -2.34. The molecule has 2 aromatic heterocycles. The minimum absolute atomic E-state index is 0.206. The number of aromatic nitrogens is 4. The van der Waals surface area contributed by atoms with Gasteiger partial charge in [0.1, 0.15) is 5.82 Å². The third kappa shape index (κ3) is 3.62. The highest BCUT2D eigenvalue weighted by Gasteiger charge is 2.31. The number of rotatable bonds is 4. The second kappa shape index (κ2) is 7.31.